The van der Waals surface area contributed by atoms with Crippen molar-refractivity contribution < 1.29 is 9.18 Å². The van der Waals surface area contributed by atoms with Crippen LogP contribution in [0.5, 0.6) is 0 Å². The van der Waals surface area contributed by atoms with Gasteiger partial charge >= 0.3 is 0 Å². The molecule has 0 aliphatic rings. The van der Waals surface area contributed by atoms with E-state index < -0.39 is 6.30 Å². The quantitative estimate of drug-likeness (QED) is 0.226. The third-order valence-corrected chi connectivity index (χ3v) is 5.52. The van der Waals surface area contributed by atoms with Gasteiger partial charge in [0.2, 0.25) is 0 Å². The van der Waals surface area contributed by atoms with E-state index in [9.17, 15) is 9.18 Å². The van der Waals surface area contributed by atoms with Gasteiger partial charge in [0.05, 0.1) is 11.9 Å². The summed E-state index contributed by atoms with van der Waals surface area (Å²) in [5, 5.41) is 6.08. The van der Waals surface area contributed by atoms with Crippen LogP contribution in [0.25, 0.3) is 16.9 Å². The summed E-state index contributed by atoms with van der Waals surface area (Å²) in [5.74, 6) is 0.805. The molecule has 33 heavy (non-hydrogen) atoms. The van der Waals surface area contributed by atoms with Crippen LogP contribution in [0.4, 0.5) is 21.6 Å². The topological polar surface area (TPSA) is 71.3 Å². The Morgan fingerprint density at radius 1 is 1.12 bits per heavy atom. The van der Waals surface area contributed by atoms with E-state index in [4.69, 9.17) is 0 Å². The molecule has 0 aliphatic heterocycles. The molecule has 170 valence electrons. The van der Waals surface area contributed by atoms with Gasteiger partial charge in [0.1, 0.15) is 0 Å². The summed E-state index contributed by atoms with van der Waals surface area (Å²) in [4.78, 5) is 21.5. The van der Waals surface area contributed by atoms with Gasteiger partial charge in [0, 0.05) is 41.3 Å². The van der Waals surface area contributed by atoms with Crippen molar-refractivity contribution in [1.29, 1.82) is 0 Å². The number of aromatic nitrogens is 3. The van der Waals surface area contributed by atoms with Gasteiger partial charge < -0.3 is 10.6 Å². The molecule has 4 aromatic rings. The predicted molar refractivity (Wildman–Crippen MR) is 131 cm³/mol. The van der Waals surface area contributed by atoms with Crippen molar-refractivity contribution >= 4 is 28.6 Å². The largest absolute Gasteiger partial charge is 0.356 e. The highest BCUT2D eigenvalue weighted by atomic mass is 19.1. The lowest BCUT2D eigenvalue weighted by Crippen LogP contribution is -2.07. The number of imidazole rings is 1. The van der Waals surface area contributed by atoms with Crippen molar-refractivity contribution in [2.24, 2.45) is 0 Å². The number of halogens is 1. The maximum absolute atomic E-state index is 13.2. The second kappa shape index (κ2) is 9.81. The third-order valence-electron chi connectivity index (χ3n) is 5.52. The Hall–Kier alpha value is -3.74. The molecule has 1 atom stereocenters. The van der Waals surface area contributed by atoms with Gasteiger partial charge in [-0.3, -0.25) is 9.20 Å². The zero-order valence-electron chi connectivity index (χ0n) is 19.1. The minimum Gasteiger partial charge on any atom is -0.356 e. The van der Waals surface area contributed by atoms with Crippen LogP contribution in [0.3, 0.4) is 0 Å². The Labute approximate surface area is 192 Å². The van der Waals surface area contributed by atoms with E-state index in [-0.39, 0.29) is 5.78 Å². The lowest BCUT2D eigenvalue weighted by atomic mass is 10.0. The van der Waals surface area contributed by atoms with Crippen LogP contribution < -0.4 is 10.6 Å². The summed E-state index contributed by atoms with van der Waals surface area (Å²) in [6, 6.07) is 13.3. The van der Waals surface area contributed by atoms with Crippen LogP contribution in [0.2, 0.25) is 0 Å². The molecule has 0 radical (unpaired) electrons. The fraction of sp³-hybridized carbons (Fsp3) is 0.269. The molecular formula is C26H28FN5O. The molecule has 2 heterocycles. The number of aryl methyl sites for hydroxylation is 1. The molecule has 0 aliphatic carbocycles. The number of Topliss-reactive ketones (excluding diaryl/α,β-unsaturated/α-hetero) is 1. The lowest BCUT2D eigenvalue weighted by molar-refractivity contribution is 0.0979. The van der Waals surface area contributed by atoms with Crippen molar-refractivity contribution in [1.82, 2.24) is 14.4 Å². The van der Waals surface area contributed by atoms with Crippen molar-refractivity contribution in [2.45, 2.75) is 46.3 Å². The summed E-state index contributed by atoms with van der Waals surface area (Å²) < 4.78 is 15.1. The highest BCUT2D eigenvalue weighted by molar-refractivity contribution is 5.97. The second-order valence-electron chi connectivity index (χ2n) is 8.13. The Kier molecular flexibility index (Phi) is 6.68. The number of benzene rings is 2. The Morgan fingerprint density at radius 3 is 2.58 bits per heavy atom. The van der Waals surface area contributed by atoms with Crippen molar-refractivity contribution in [3.63, 3.8) is 0 Å². The lowest BCUT2D eigenvalue weighted by Gasteiger charge is -2.11. The van der Waals surface area contributed by atoms with Crippen LogP contribution in [0.1, 0.15) is 49.0 Å². The zero-order chi connectivity index (χ0) is 23.4. The molecule has 0 fully saturated rings. The maximum atomic E-state index is 13.2. The fourth-order valence-corrected chi connectivity index (χ4v) is 3.85. The van der Waals surface area contributed by atoms with E-state index in [1.54, 1.807) is 12.4 Å². The van der Waals surface area contributed by atoms with Crippen LogP contribution in [-0.2, 0) is 0 Å². The number of nitrogens with zero attached hydrogens (tertiary/aromatic N) is 3. The standard InChI is InChI=1S/C26H28FN5O/c1-4-5-6-24(33)22-12-11-21(15-17(22)2)31-25-26-29-16-23(32(26)14-13-28-25)19-7-9-20(10-8-19)30-18(3)27/h7-16,18,30H,4-6H2,1-3H3,(H,28,31). The van der Waals surface area contributed by atoms with Crippen LogP contribution in [0.15, 0.2) is 61.1 Å². The molecule has 2 aromatic heterocycles. The highest BCUT2D eigenvalue weighted by Crippen LogP contribution is 2.27. The molecule has 2 N–H and O–H groups in total. The zero-order valence-corrected chi connectivity index (χ0v) is 19.1. The first-order chi connectivity index (χ1) is 16.0. The SMILES string of the molecule is CCCCC(=O)c1ccc(Nc2nccn3c(-c4ccc(NC(C)F)cc4)cnc23)cc1C. The summed E-state index contributed by atoms with van der Waals surface area (Å²) >= 11 is 0. The summed E-state index contributed by atoms with van der Waals surface area (Å²) in [6.07, 6.45) is 6.74. The van der Waals surface area contributed by atoms with Crippen LogP contribution in [0, 0.1) is 6.92 Å². The number of alkyl halides is 1. The minimum absolute atomic E-state index is 0.182. The summed E-state index contributed by atoms with van der Waals surface area (Å²) in [5.41, 5.74) is 5.83. The third kappa shape index (κ3) is 5.03. The van der Waals surface area contributed by atoms with Gasteiger partial charge in [-0.25, -0.2) is 14.4 Å². The second-order valence-corrected chi connectivity index (χ2v) is 8.13. The number of hydrogen-bond donors (Lipinski definition) is 2. The molecule has 6 nitrogen and oxygen atoms in total. The minimum atomic E-state index is -1.11. The molecule has 1 unspecified atom stereocenters. The molecule has 0 bridgehead atoms. The van der Waals surface area contributed by atoms with Gasteiger partial charge in [-0.05, 0) is 56.2 Å². The van der Waals surface area contributed by atoms with Gasteiger partial charge in [0.15, 0.2) is 23.5 Å². The first-order valence-corrected chi connectivity index (χ1v) is 11.2. The Morgan fingerprint density at radius 2 is 1.88 bits per heavy atom. The van der Waals surface area contributed by atoms with Crippen molar-refractivity contribution in [2.75, 3.05) is 10.6 Å². The first-order valence-electron chi connectivity index (χ1n) is 11.2. The first kappa shape index (κ1) is 22.5. The van der Waals surface area contributed by atoms with Crippen LogP contribution >= 0.6 is 0 Å². The van der Waals surface area contributed by atoms with E-state index >= 15 is 0 Å². The van der Waals surface area contributed by atoms with E-state index in [1.807, 2.05) is 60.0 Å². The van der Waals surface area contributed by atoms with E-state index in [0.717, 1.165) is 46.6 Å². The Balaban J connectivity index is 1.58. The number of carbonyl (C=O) groups is 1. The van der Waals surface area contributed by atoms with Gasteiger partial charge in [-0.15, -0.1) is 0 Å². The average molecular weight is 446 g/mol. The fourth-order valence-electron chi connectivity index (χ4n) is 3.85. The van der Waals surface area contributed by atoms with E-state index in [2.05, 4.69) is 27.5 Å². The van der Waals surface area contributed by atoms with Crippen molar-refractivity contribution in [3.05, 3.63) is 72.2 Å². The number of anilines is 3. The number of unbranched alkanes of at least 4 members (excludes halogenated alkanes) is 1. The normalized spacial score (nSPS) is 12.0. The van der Waals surface area contributed by atoms with E-state index in [1.165, 1.54) is 6.92 Å². The molecule has 2 aromatic carbocycles. The summed E-state index contributed by atoms with van der Waals surface area (Å²) in [6.45, 7) is 5.49. The number of hydrogen-bond acceptors (Lipinski definition) is 5. The molecule has 0 spiro atoms. The monoisotopic (exact) mass is 445 g/mol. The number of carbonyl (C=O) groups excluding carboxylic acids is 1. The highest BCUT2D eigenvalue weighted by Gasteiger charge is 2.13. The van der Waals surface area contributed by atoms with Gasteiger partial charge in [-0.1, -0.05) is 25.5 Å². The molecule has 7 heteroatoms. The molecule has 0 saturated heterocycles. The molecule has 0 amide bonds. The number of nitrogens with one attached hydrogen (secondary N) is 2. The Bertz CT molecular complexity index is 1260. The number of rotatable bonds is 9. The van der Waals surface area contributed by atoms with E-state index in [0.29, 0.717) is 17.9 Å². The summed E-state index contributed by atoms with van der Waals surface area (Å²) in [7, 11) is 0. The maximum Gasteiger partial charge on any atom is 0.180 e. The van der Waals surface area contributed by atoms with Crippen molar-refractivity contribution in [3.8, 4) is 11.3 Å². The molecular weight excluding hydrogens is 417 g/mol. The number of ketones is 1. The molecule has 4 rings (SSSR count). The average Bonchev–Trinajstić information content (AvgIpc) is 3.23. The predicted octanol–water partition coefficient (Wildman–Crippen LogP) is 6.55. The van der Waals surface area contributed by atoms with Gasteiger partial charge in [0.25, 0.3) is 0 Å². The molecule has 0 saturated carbocycles. The van der Waals surface area contributed by atoms with Gasteiger partial charge in [-0.2, -0.15) is 0 Å². The number of fused-ring (bicyclic) bond motifs is 1. The smallest absolute Gasteiger partial charge is 0.180 e. The van der Waals surface area contributed by atoms with Crippen LogP contribution in [-0.4, -0.2) is 26.4 Å².